The van der Waals surface area contributed by atoms with Gasteiger partial charge in [-0.1, -0.05) is 41.1 Å². The second kappa shape index (κ2) is 7.33. The third-order valence-corrected chi connectivity index (χ3v) is 5.60. The van der Waals surface area contributed by atoms with Crippen LogP contribution in [-0.2, 0) is 6.54 Å². The maximum Gasteiger partial charge on any atom is 0.316 e. The zero-order chi connectivity index (χ0) is 20.6. The van der Waals surface area contributed by atoms with E-state index >= 15 is 0 Å². The van der Waals surface area contributed by atoms with Crippen LogP contribution in [0.15, 0.2) is 65.7 Å². The molecule has 2 aromatic carbocycles. The number of benzene rings is 2. The summed E-state index contributed by atoms with van der Waals surface area (Å²) in [5.74, 6) is 0. The van der Waals surface area contributed by atoms with E-state index in [1.807, 2.05) is 18.2 Å². The molecule has 0 amide bonds. The lowest BCUT2D eigenvalue weighted by Crippen LogP contribution is -2.31. The van der Waals surface area contributed by atoms with Crippen molar-refractivity contribution in [3.05, 3.63) is 76.8 Å². The van der Waals surface area contributed by atoms with E-state index in [1.54, 1.807) is 18.5 Å². The summed E-state index contributed by atoms with van der Waals surface area (Å²) in [6.45, 7) is 2.97. The highest BCUT2D eigenvalue weighted by molar-refractivity contribution is 5.83. The summed E-state index contributed by atoms with van der Waals surface area (Å²) < 4.78 is 7.20. The van der Waals surface area contributed by atoms with Crippen LogP contribution in [0.25, 0.3) is 22.0 Å². The van der Waals surface area contributed by atoms with E-state index in [2.05, 4.69) is 51.5 Å². The molecule has 0 aliphatic heterocycles. The summed E-state index contributed by atoms with van der Waals surface area (Å²) in [7, 11) is 0. The maximum absolute atomic E-state index is 13.1. The van der Waals surface area contributed by atoms with Crippen LogP contribution in [0.1, 0.15) is 18.4 Å². The number of hydrogen-bond donors (Lipinski definition) is 0. The fourth-order valence-electron chi connectivity index (χ4n) is 3.53. The van der Waals surface area contributed by atoms with E-state index in [0.717, 1.165) is 24.0 Å². The Labute approximate surface area is 173 Å². The number of hydrogen-bond acceptors (Lipinski definition) is 6. The molecular formula is C23H21N5O2. The first-order valence-electron chi connectivity index (χ1n) is 9.96. The van der Waals surface area contributed by atoms with Gasteiger partial charge in [0.1, 0.15) is 5.52 Å². The van der Waals surface area contributed by atoms with Gasteiger partial charge in [-0.25, -0.2) is 14.6 Å². The minimum atomic E-state index is -0.129. The SMILES string of the molecule is Cc1ccc(-c2ccc3nnn(CC4(COc5ncccn5)CC4)c(=O)c3c2)cc1. The fourth-order valence-corrected chi connectivity index (χ4v) is 3.53. The molecule has 0 N–H and O–H groups in total. The molecule has 0 radical (unpaired) electrons. The molecule has 4 aromatic rings. The molecule has 30 heavy (non-hydrogen) atoms. The van der Waals surface area contributed by atoms with Gasteiger partial charge >= 0.3 is 6.01 Å². The smallest absolute Gasteiger partial charge is 0.316 e. The normalized spacial score (nSPS) is 14.6. The molecule has 1 aliphatic rings. The van der Waals surface area contributed by atoms with Crippen LogP contribution in [0.3, 0.4) is 0 Å². The lowest BCUT2D eigenvalue weighted by atomic mass is 10.0. The first-order chi connectivity index (χ1) is 14.6. The van der Waals surface area contributed by atoms with Crippen molar-refractivity contribution in [3.8, 4) is 17.1 Å². The van der Waals surface area contributed by atoms with E-state index in [0.29, 0.717) is 30.1 Å². The Balaban J connectivity index is 1.41. The van der Waals surface area contributed by atoms with Gasteiger partial charge in [0.25, 0.3) is 5.56 Å². The number of aryl methyl sites for hydroxylation is 1. The number of rotatable bonds is 6. The van der Waals surface area contributed by atoms with Crippen molar-refractivity contribution < 1.29 is 4.74 Å². The zero-order valence-electron chi connectivity index (χ0n) is 16.7. The summed E-state index contributed by atoms with van der Waals surface area (Å²) in [5.41, 5.74) is 3.61. The van der Waals surface area contributed by atoms with Crippen molar-refractivity contribution in [2.24, 2.45) is 5.41 Å². The Hall–Kier alpha value is -3.61. The Bertz CT molecular complexity index is 1250. The summed E-state index contributed by atoms with van der Waals surface area (Å²) in [4.78, 5) is 21.3. The Morgan fingerprint density at radius 2 is 1.77 bits per heavy atom. The Kier molecular flexibility index (Phi) is 4.50. The number of fused-ring (bicyclic) bond motifs is 1. The van der Waals surface area contributed by atoms with Crippen molar-refractivity contribution in [1.82, 2.24) is 25.0 Å². The minimum absolute atomic E-state index is 0.125. The zero-order valence-corrected chi connectivity index (χ0v) is 16.7. The second-order valence-corrected chi connectivity index (χ2v) is 7.97. The first-order valence-corrected chi connectivity index (χ1v) is 9.96. The molecule has 2 aromatic heterocycles. The van der Waals surface area contributed by atoms with E-state index in [1.165, 1.54) is 10.2 Å². The topological polar surface area (TPSA) is 82.8 Å². The van der Waals surface area contributed by atoms with Gasteiger partial charge in [-0.05, 0) is 49.1 Å². The molecule has 2 heterocycles. The maximum atomic E-state index is 13.1. The minimum Gasteiger partial charge on any atom is -0.463 e. The van der Waals surface area contributed by atoms with Gasteiger partial charge in [-0.3, -0.25) is 4.79 Å². The average Bonchev–Trinajstić information content (AvgIpc) is 3.55. The molecule has 0 saturated heterocycles. The van der Waals surface area contributed by atoms with Gasteiger partial charge in [0.05, 0.1) is 18.5 Å². The highest BCUT2D eigenvalue weighted by Crippen LogP contribution is 2.46. The number of aromatic nitrogens is 5. The highest BCUT2D eigenvalue weighted by Gasteiger charge is 2.45. The summed E-state index contributed by atoms with van der Waals surface area (Å²) in [5, 5.41) is 9.01. The fraction of sp³-hybridized carbons (Fsp3) is 0.261. The lowest BCUT2D eigenvalue weighted by molar-refractivity contribution is 0.194. The third-order valence-electron chi connectivity index (χ3n) is 5.60. The quantitative estimate of drug-likeness (QED) is 0.494. The molecule has 1 fully saturated rings. The average molecular weight is 399 g/mol. The van der Waals surface area contributed by atoms with Crippen LogP contribution in [0.4, 0.5) is 0 Å². The summed E-state index contributed by atoms with van der Waals surface area (Å²) in [6, 6.07) is 16.1. The molecule has 7 nitrogen and oxygen atoms in total. The third kappa shape index (κ3) is 3.66. The molecule has 0 atom stereocenters. The van der Waals surface area contributed by atoms with Gasteiger partial charge in [-0.2, -0.15) is 0 Å². The largest absolute Gasteiger partial charge is 0.463 e. The molecule has 0 spiro atoms. The monoisotopic (exact) mass is 399 g/mol. The Morgan fingerprint density at radius 1 is 1.03 bits per heavy atom. The molecular weight excluding hydrogens is 378 g/mol. The van der Waals surface area contributed by atoms with E-state index in [4.69, 9.17) is 4.74 Å². The van der Waals surface area contributed by atoms with Gasteiger partial charge in [0.15, 0.2) is 0 Å². The van der Waals surface area contributed by atoms with Crippen LogP contribution >= 0.6 is 0 Å². The number of ether oxygens (including phenoxy) is 1. The summed E-state index contributed by atoms with van der Waals surface area (Å²) >= 11 is 0. The van der Waals surface area contributed by atoms with Crippen molar-refractivity contribution in [1.29, 1.82) is 0 Å². The van der Waals surface area contributed by atoms with Crippen molar-refractivity contribution in [2.45, 2.75) is 26.3 Å². The number of nitrogens with zero attached hydrogens (tertiary/aromatic N) is 5. The lowest BCUT2D eigenvalue weighted by Gasteiger charge is -2.16. The van der Waals surface area contributed by atoms with Crippen molar-refractivity contribution in [2.75, 3.05) is 6.61 Å². The molecule has 0 unspecified atom stereocenters. The first kappa shape index (κ1) is 18.4. The van der Waals surface area contributed by atoms with Crippen LogP contribution in [-0.4, -0.2) is 31.6 Å². The van der Waals surface area contributed by atoms with Gasteiger partial charge in [0, 0.05) is 17.8 Å². The highest BCUT2D eigenvalue weighted by atomic mass is 16.5. The van der Waals surface area contributed by atoms with Crippen LogP contribution in [0.5, 0.6) is 6.01 Å². The molecule has 1 aliphatic carbocycles. The van der Waals surface area contributed by atoms with Crippen molar-refractivity contribution >= 4 is 10.9 Å². The summed E-state index contributed by atoms with van der Waals surface area (Å²) in [6.07, 6.45) is 5.23. The molecule has 1 saturated carbocycles. The van der Waals surface area contributed by atoms with Gasteiger partial charge in [0.2, 0.25) is 0 Å². The predicted molar refractivity (Wildman–Crippen MR) is 113 cm³/mol. The predicted octanol–water partition coefficient (Wildman–Crippen LogP) is 3.42. The van der Waals surface area contributed by atoms with Crippen molar-refractivity contribution in [3.63, 3.8) is 0 Å². The standard InChI is InChI=1S/C23H21N5O2/c1-16-3-5-17(6-4-16)18-7-8-20-19(13-18)21(29)28(27-26-20)14-23(9-10-23)15-30-22-24-11-2-12-25-22/h2-8,11-13H,9-10,14-15H2,1H3. The molecule has 7 heteroatoms. The van der Waals surface area contributed by atoms with Gasteiger partial charge < -0.3 is 4.74 Å². The van der Waals surface area contributed by atoms with E-state index in [-0.39, 0.29) is 11.0 Å². The van der Waals surface area contributed by atoms with Gasteiger partial charge in [-0.15, -0.1) is 5.10 Å². The molecule has 150 valence electrons. The van der Waals surface area contributed by atoms with Crippen LogP contribution < -0.4 is 10.3 Å². The van der Waals surface area contributed by atoms with E-state index < -0.39 is 0 Å². The molecule has 5 rings (SSSR count). The molecule has 0 bridgehead atoms. The van der Waals surface area contributed by atoms with E-state index in [9.17, 15) is 4.79 Å². The van der Waals surface area contributed by atoms with Crippen LogP contribution in [0.2, 0.25) is 0 Å². The van der Waals surface area contributed by atoms with Crippen LogP contribution in [0, 0.1) is 12.3 Å². The Morgan fingerprint density at radius 3 is 2.50 bits per heavy atom. The second-order valence-electron chi connectivity index (χ2n) is 7.97.